The van der Waals surface area contributed by atoms with E-state index in [0.717, 1.165) is 29.6 Å². The van der Waals surface area contributed by atoms with Crippen LogP contribution < -0.4 is 4.74 Å². The van der Waals surface area contributed by atoms with E-state index >= 15 is 0 Å². The summed E-state index contributed by atoms with van der Waals surface area (Å²) >= 11 is 4.38. The number of benzene rings is 3. The van der Waals surface area contributed by atoms with Crippen molar-refractivity contribution in [1.82, 2.24) is 0 Å². The summed E-state index contributed by atoms with van der Waals surface area (Å²) in [6.07, 6.45) is 1.61. The Kier molecular flexibility index (Phi) is 8.19. The quantitative estimate of drug-likeness (QED) is 0.134. The predicted octanol–water partition coefficient (Wildman–Crippen LogP) is 5.81. The number of non-ortho nitro benzene ring substituents is 1. The van der Waals surface area contributed by atoms with Crippen LogP contribution in [0.1, 0.15) is 22.3 Å². The summed E-state index contributed by atoms with van der Waals surface area (Å²) in [5.41, 5.74) is 3.09. The number of nitro groups is 1. The molecule has 31 heavy (non-hydrogen) atoms. The van der Waals surface area contributed by atoms with Crippen molar-refractivity contribution in [2.24, 2.45) is 5.16 Å². The van der Waals surface area contributed by atoms with E-state index in [0.29, 0.717) is 12.2 Å². The van der Waals surface area contributed by atoms with Crippen LogP contribution >= 0.6 is 45.2 Å². The van der Waals surface area contributed by atoms with Crippen molar-refractivity contribution < 1.29 is 14.5 Å². The Morgan fingerprint density at radius 1 is 1.06 bits per heavy atom. The lowest BCUT2D eigenvalue weighted by Crippen LogP contribution is -2.00. The van der Waals surface area contributed by atoms with Gasteiger partial charge in [-0.1, -0.05) is 23.4 Å². The summed E-state index contributed by atoms with van der Waals surface area (Å²) < 4.78 is 7.74. The highest BCUT2D eigenvalue weighted by Gasteiger charge is 2.10. The second kappa shape index (κ2) is 11.1. The summed E-state index contributed by atoms with van der Waals surface area (Å²) in [5, 5.41) is 23.9. The minimum Gasteiger partial charge on any atom is -0.487 e. The topological polar surface area (TPSA) is 97.8 Å². The molecule has 3 aromatic carbocycles. The monoisotopic (exact) mass is 639 g/mol. The van der Waals surface area contributed by atoms with Gasteiger partial charge in [-0.05, 0) is 86.6 Å². The van der Waals surface area contributed by atoms with Gasteiger partial charge < -0.3 is 9.57 Å². The summed E-state index contributed by atoms with van der Waals surface area (Å²) in [6, 6.07) is 19.5. The molecule has 7 nitrogen and oxygen atoms in total. The molecule has 0 N–H and O–H groups in total. The molecular formula is C22H15I2N3O4. The number of hydrogen-bond donors (Lipinski definition) is 0. The normalized spacial score (nSPS) is 10.6. The van der Waals surface area contributed by atoms with Crippen LogP contribution in [0.3, 0.4) is 0 Å². The van der Waals surface area contributed by atoms with Crippen LogP contribution in [-0.4, -0.2) is 11.1 Å². The van der Waals surface area contributed by atoms with E-state index in [1.807, 2.05) is 24.3 Å². The first-order valence-electron chi connectivity index (χ1n) is 8.96. The van der Waals surface area contributed by atoms with Gasteiger partial charge in [0.15, 0.2) is 0 Å². The lowest BCUT2D eigenvalue weighted by atomic mass is 10.1. The van der Waals surface area contributed by atoms with Crippen molar-refractivity contribution in [2.75, 3.05) is 0 Å². The van der Waals surface area contributed by atoms with Crippen LogP contribution in [-0.2, 0) is 18.1 Å². The molecule has 0 atom stereocenters. The fourth-order valence-corrected chi connectivity index (χ4v) is 4.75. The minimum absolute atomic E-state index is 0.0508. The van der Waals surface area contributed by atoms with Gasteiger partial charge in [-0.15, -0.1) is 0 Å². The number of oxime groups is 1. The number of rotatable bonds is 8. The lowest BCUT2D eigenvalue weighted by molar-refractivity contribution is -0.384. The molecule has 0 spiro atoms. The van der Waals surface area contributed by atoms with Gasteiger partial charge in [0.2, 0.25) is 0 Å². The van der Waals surface area contributed by atoms with Crippen LogP contribution in [0.4, 0.5) is 5.69 Å². The van der Waals surface area contributed by atoms with Crippen molar-refractivity contribution >= 4 is 57.1 Å². The molecule has 156 valence electrons. The zero-order valence-electron chi connectivity index (χ0n) is 16.0. The third-order valence-corrected chi connectivity index (χ3v) is 5.79. The molecule has 0 bridgehead atoms. The molecule has 0 heterocycles. The SMILES string of the molecule is N#Cc1ccccc1CO/N=C\c1cc(I)c(OCc2ccc([N+](=O)[O-])cc2)c(I)c1. The largest absolute Gasteiger partial charge is 0.487 e. The van der Waals surface area contributed by atoms with E-state index in [2.05, 4.69) is 56.4 Å². The molecular weight excluding hydrogens is 624 g/mol. The molecule has 0 amide bonds. The smallest absolute Gasteiger partial charge is 0.269 e. The Morgan fingerprint density at radius 2 is 1.74 bits per heavy atom. The number of halogens is 2. The fourth-order valence-electron chi connectivity index (χ4n) is 2.62. The van der Waals surface area contributed by atoms with Crippen LogP contribution in [0.2, 0.25) is 0 Å². The molecule has 9 heteroatoms. The molecule has 3 aromatic rings. The molecule has 0 saturated carbocycles. The first-order chi connectivity index (χ1) is 15.0. The third-order valence-electron chi connectivity index (χ3n) is 4.19. The van der Waals surface area contributed by atoms with Gasteiger partial charge in [0, 0.05) is 17.7 Å². The maximum Gasteiger partial charge on any atom is 0.269 e. The number of nitro benzene ring substituents is 1. The predicted molar refractivity (Wildman–Crippen MR) is 133 cm³/mol. The molecule has 3 rings (SSSR count). The molecule has 0 fully saturated rings. The minimum atomic E-state index is -0.428. The van der Waals surface area contributed by atoms with Crippen LogP contribution in [0.15, 0.2) is 65.8 Å². The highest BCUT2D eigenvalue weighted by Crippen LogP contribution is 2.29. The molecule has 0 aliphatic heterocycles. The lowest BCUT2D eigenvalue weighted by Gasteiger charge is -2.11. The second-order valence-electron chi connectivity index (χ2n) is 6.30. The van der Waals surface area contributed by atoms with Crippen LogP contribution in [0.25, 0.3) is 0 Å². The maximum atomic E-state index is 10.7. The summed E-state index contributed by atoms with van der Waals surface area (Å²) in [6.45, 7) is 0.518. The highest BCUT2D eigenvalue weighted by atomic mass is 127. The second-order valence-corrected chi connectivity index (χ2v) is 8.63. The molecule has 0 aromatic heterocycles. The average molecular weight is 639 g/mol. The van der Waals surface area contributed by atoms with E-state index in [1.165, 1.54) is 12.1 Å². The van der Waals surface area contributed by atoms with Crippen molar-refractivity contribution in [1.29, 1.82) is 5.26 Å². The summed E-state index contributed by atoms with van der Waals surface area (Å²) in [5.74, 6) is 0.737. The van der Waals surface area contributed by atoms with Gasteiger partial charge in [0.25, 0.3) is 5.69 Å². The zero-order valence-corrected chi connectivity index (χ0v) is 20.3. The molecule has 0 aliphatic carbocycles. The first-order valence-corrected chi connectivity index (χ1v) is 11.1. The number of nitrogens with zero attached hydrogens (tertiary/aromatic N) is 3. The van der Waals surface area contributed by atoms with Crippen molar-refractivity contribution in [3.05, 3.63) is 100 Å². The van der Waals surface area contributed by atoms with Gasteiger partial charge in [-0.25, -0.2) is 0 Å². The standard InChI is InChI=1S/C22H15I2N3O4/c23-20-9-16(12-26-31-14-18-4-2-1-3-17(18)11-25)10-21(24)22(20)30-13-15-5-7-19(8-6-15)27(28)29/h1-10,12H,13-14H2/b26-12-. The third kappa shape index (κ3) is 6.38. The highest BCUT2D eigenvalue weighted by molar-refractivity contribution is 14.1. The van der Waals surface area contributed by atoms with E-state index in [-0.39, 0.29) is 12.3 Å². The van der Waals surface area contributed by atoms with E-state index < -0.39 is 4.92 Å². The van der Waals surface area contributed by atoms with Crippen LogP contribution in [0, 0.1) is 28.6 Å². The number of ether oxygens (including phenoxy) is 1. The summed E-state index contributed by atoms with van der Waals surface area (Å²) in [7, 11) is 0. The number of nitriles is 1. The molecule has 0 aliphatic rings. The molecule has 0 radical (unpaired) electrons. The maximum absolute atomic E-state index is 10.7. The van der Waals surface area contributed by atoms with Gasteiger partial charge in [0.1, 0.15) is 19.0 Å². The zero-order chi connectivity index (χ0) is 22.2. The van der Waals surface area contributed by atoms with E-state index in [4.69, 9.17) is 14.8 Å². The molecule has 0 saturated heterocycles. The summed E-state index contributed by atoms with van der Waals surface area (Å²) in [4.78, 5) is 15.7. The Balaban J connectivity index is 1.61. The van der Waals surface area contributed by atoms with Gasteiger partial charge in [-0.2, -0.15) is 5.26 Å². The van der Waals surface area contributed by atoms with E-state index in [9.17, 15) is 10.1 Å². The van der Waals surface area contributed by atoms with E-state index in [1.54, 1.807) is 30.5 Å². The van der Waals surface area contributed by atoms with Crippen molar-refractivity contribution in [2.45, 2.75) is 13.2 Å². The Hall–Kier alpha value is -2.72. The van der Waals surface area contributed by atoms with Gasteiger partial charge >= 0.3 is 0 Å². The Bertz CT molecular complexity index is 1140. The van der Waals surface area contributed by atoms with Crippen molar-refractivity contribution in [3.8, 4) is 11.8 Å². The van der Waals surface area contributed by atoms with Crippen LogP contribution in [0.5, 0.6) is 5.75 Å². The van der Waals surface area contributed by atoms with Crippen molar-refractivity contribution in [3.63, 3.8) is 0 Å². The fraction of sp³-hybridized carbons (Fsp3) is 0.0909. The average Bonchev–Trinajstić information content (AvgIpc) is 2.76. The van der Waals surface area contributed by atoms with Gasteiger partial charge in [0.05, 0.1) is 29.9 Å². The van der Waals surface area contributed by atoms with Gasteiger partial charge in [-0.3, -0.25) is 10.1 Å². The molecule has 0 unspecified atom stereocenters. The Morgan fingerprint density at radius 3 is 2.39 bits per heavy atom. The number of hydrogen-bond acceptors (Lipinski definition) is 6. The first kappa shape index (κ1) is 23.0. The Labute approximate surface area is 206 Å².